The molecule has 0 radical (unpaired) electrons. The van der Waals surface area contributed by atoms with Crippen LogP contribution in [0.15, 0.2) is 23.6 Å². The third kappa shape index (κ3) is 5.38. The molecule has 29 heavy (non-hydrogen) atoms. The van der Waals surface area contributed by atoms with Gasteiger partial charge in [0.2, 0.25) is 0 Å². The molecule has 0 saturated carbocycles. The molecule has 1 saturated heterocycles. The molecule has 1 fully saturated rings. The standard InChI is InChI=1S/C19H20N4O5S/c1-10-3-4-12(7-11(10)2)14-9-29-19(21-14)22-15(24)8-28-16(25)6-5-13-17(26)23-18(27)20-13/h3-4,7,9,13H,5-6,8H2,1-2H3,(H,21,22,24)(H2,20,23,26,27). The zero-order chi connectivity index (χ0) is 21.0. The molecule has 2 heterocycles. The number of anilines is 1. The Kier molecular flexibility index (Phi) is 6.23. The number of nitrogens with one attached hydrogen (secondary N) is 3. The van der Waals surface area contributed by atoms with Crippen LogP contribution in [0.5, 0.6) is 0 Å². The molecular weight excluding hydrogens is 396 g/mol. The number of hydrogen-bond acceptors (Lipinski definition) is 7. The van der Waals surface area contributed by atoms with Crippen molar-refractivity contribution in [2.75, 3.05) is 11.9 Å². The smallest absolute Gasteiger partial charge is 0.322 e. The lowest BCUT2D eigenvalue weighted by Crippen LogP contribution is -2.30. The molecule has 3 rings (SSSR count). The number of ether oxygens (including phenoxy) is 1. The monoisotopic (exact) mass is 416 g/mol. The van der Waals surface area contributed by atoms with Gasteiger partial charge in [0.1, 0.15) is 6.04 Å². The Balaban J connectivity index is 1.44. The predicted octanol–water partition coefficient (Wildman–Crippen LogP) is 1.90. The quantitative estimate of drug-likeness (QED) is 0.467. The minimum atomic E-state index is -0.761. The second-order valence-corrected chi connectivity index (χ2v) is 7.46. The summed E-state index contributed by atoms with van der Waals surface area (Å²) in [5.74, 6) is -1.63. The van der Waals surface area contributed by atoms with E-state index >= 15 is 0 Å². The van der Waals surface area contributed by atoms with Gasteiger partial charge in [-0.1, -0.05) is 12.1 Å². The van der Waals surface area contributed by atoms with E-state index in [-0.39, 0.29) is 12.8 Å². The highest BCUT2D eigenvalue weighted by Gasteiger charge is 2.29. The van der Waals surface area contributed by atoms with Crippen molar-refractivity contribution in [3.63, 3.8) is 0 Å². The maximum Gasteiger partial charge on any atom is 0.322 e. The number of urea groups is 1. The average Bonchev–Trinajstić information content (AvgIpc) is 3.26. The van der Waals surface area contributed by atoms with Crippen LogP contribution in [0.3, 0.4) is 0 Å². The number of aromatic nitrogens is 1. The van der Waals surface area contributed by atoms with E-state index in [9.17, 15) is 19.2 Å². The van der Waals surface area contributed by atoms with Crippen molar-refractivity contribution in [3.8, 4) is 11.3 Å². The maximum atomic E-state index is 12.0. The van der Waals surface area contributed by atoms with E-state index in [1.165, 1.54) is 16.9 Å². The molecule has 2 aromatic rings. The summed E-state index contributed by atoms with van der Waals surface area (Å²) in [5, 5.41) is 9.30. The third-order valence-electron chi connectivity index (χ3n) is 4.41. The van der Waals surface area contributed by atoms with Crippen molar-refractivity contribution in [3.05, 3.63) is 34.7 Å². The van der Waals surface area contributed by atoms with Crippen LogP contribution in [0.1, 0.15) is 24.0 Å². The Morgan fingerprint density at radius 3 is 2.72 bits per heavy atom. The first-order valence-corrected chi connectivity index (χ1v) is 9.80. The van der Waals surface area contributed by atoms with Crippen molar-refractivity contribution in [1.82, 2.24) is 15.6 Å². The lowest BCUT2D eigenvalue weighted by molar-refractivity contribution is -0.147. The van der Waals surface area contributed by atoms with E-state index in [0.717, 1.165) is 16.8 Å². The number of aryl methyl sites for hydroxylation is 2. The zero-order valence-corrected chi connectivity index (χ0v) is 16.7. The minimum absolute atomic E-state index is 0.0974. The number of rotatable bonds is 7. The number of amides is 4. The molecule has 1 aromatic heterocycles. The maximum absolute atomic E-state index is 12.0. The first kappa shape index (κ1) is 20.5. The van der Waals surface area contributed by atoms with Crippen LogP contribution >= 0.6 is 11.3 Å². The Labute approximate surface area is 170 Å². The van der Waals surface area contributed by atoms with Crippen LogP contribution in [0, 0.1) is 13.8 Å². The Bertz CT molecular complexity index is 971. The second kappa shape index (κ2) is 8.82. The lowest BCUT2D eigenvalue weighted by atomic mass is 10.1. The average molecular weight is 416 g/mol. The molecular formula is C19H20N4O5S. The SMILES string of the molecule is Cc1ccc(-c2csc(NC(=O)COC(=O)CCC3NC(=O)NC3=O)n2)cc1C. The van der Waals surface area contributed by atoms with Gasteiger partial charge in [-0.2, -0.15) is 0 Å². The van der Waals surface area contributed by atoms with Gasteiger partial charge in [0.05, 0.1) is 5.69 Å². The predicted molar refractivity (Wildman–Crippen MR) is 106 cm³/mol. The first-order chi connectivity index (χ1) is 13.8. The van der Waals surface area contributed by atoms with Crippen molar-refractivity contribution in [2.24, 2.45) is 0 Å². The van der Waals surface area contributed by atoms with Crippen LogP contribution in [0.25, 0.3) is 11.3 Å². The molecule has 1 aliphatic heterocycles. The minimum Gasteiger partial charge on any atom is -0.456 e. The van der Waals surface area contributed by atoms with Crippen molar-refractivity contribution in [2.45, 2.75) is 32.7 Å². The third-order valence-corrected chi connectivity index (χ3v) is 5.17. The van der Waals surface area contributed by atoms with Gasteiger partial charge >= 0.3 is 12.0 Å². The summed E-state index contributed by atoms with van der Waals surface area (Å²) < 4.78 is 4.90. The molecule has 0 aliphatic carbocycles. The normalized spacial score (nSPS) is 15.6. The summed E-state index contributed by atoms with van der Waals surface area (Å²) in [6.45, 7) is 3.60. The molecule has 0 spiro atoms. The summed E-state index contributed by atoms with van der Waals surface area (Å²) in [6, 6.07) is 4.67. The van der Waals surface area contributed by atoms with Crippen LogP contribution in [0.4, 0.5) is 9.93 Å². The van der Waals surface area contributed by atoms with Crippen LogP contribution in [-0.4, -0.2) is 41.4 Å². The van der Waals surface area contributed by atoms with Crippen LogP contribution in [0.2, 0.25) is 0 Å². The largest absolute Gasteiger partial charge is 0.456 e. The number of thiazole rings is 1. The highest BCUT2D eigenvalue weighted by atomic mass is 32.1. The topological polar surface area (TPSA) is 126 Å². The number of benzene rings is 1. The molecule has 1 atom stereocenters. The molecule has 1 unspecified atom stereocenters. The van der Waals surface area contributed by atoms with Gasteiger partial charge in [0.15, 0.2) is 11.7 Å². The number of hydrogen-bond donors (Lipinski definition) is 3. The van der Waals surface area contributed by atoms with E-state index < -0.39 is 36.5 Å². The van der Waals surface area contributed by atoms with Gasteiger partial charge in [-0.05, 0) is 37.5 Å². The van der Waals surface area contributed by atoms with Crippen molar-refractivity contribution < 1.29 is 23.9 Å². The zero-order valence-electron chi connectivity index (χ0n) is 15.9. The molecule has 0 bridgehead atoms. The van der Waals surface area contributed by atoms with Crippen LogP contribution < -0.4 is 16.0 Å². The highest BCUT2D eigenvalue weighted by molar-refractivity contribution is 7.14. The Morgan fingerprint density at radius 1 is 1.24 bits per heavy atom. The fraction of sp³-hybridized carbons (Fsp3) is 0.316. The number of carbonyl (C=O) groups excluding carboxylic acids is 4. The molecule has 152 valence electrons. The summed E-state index contributed by atoms with van der Waals surface area (Å²) >= 11 is 1.28. The van der Waals surface area contributed by atoms with Crippen molar-refractivity contribution >= 4 is 40.3 Å². The van der Waals surface area contributed by atoms with Crippen molar-refractivity contribution in [1.29, 1.82) is 0 Å². The molecule has 9 nitrogen and oxygen atoms in total. The fourth-order valence-electron chi connectivity index (χ4n) is 2.66. The summed E-state index contributed by atoms with van der Waals surface area (Å²) in [7, 11) is 0. The Hall–Kier alpha value is -3.27. The van der Waals surface area contributed by atoms with Gasteiger partial charge in [-0.3, -0.25) is 25.0 Å². The number of nitrogens with zero attached hydrogens (tertiary/aromatic N) is 1. The van der Waals surface area contributed by atoms with E-state index in [1.54, 1.807) is 0 Å². The fourth-order valence-corrected chi connectivity index (χ4v) is 3.40. The van der Waals surface area contributed by atoms with Gasteiger partial charge in [-0.25, -0.2) is 9.78 Å². The van der Waals surface area contributed by atoms with Gasteiger partial charge in [0.25, 0.3) is 11.8 Å². The molecule has 1 aliphatic rings. The van der Waals surface area contributed by atoms with E-state index in [4.69, 9.17) is 4.74 Å². The summed E-state index contributed by atoms with van der Waals surface area (Å²) in [5.41, 5.74) is 4.06. The van der Waals surface area contributed by atoms with Gasteiger partial charge in [-0.15, -0.1) is 11.3 Å². The number of imide groups is 1. The number of esters is 1. The molecule has 3 N–H and O–H groups in total. The first-order valence-electron chi connectivity index (χ1n) is 8.92. The summed E-state index contributed by atoms with van der Waals surface area (Å²) in [6.07, 6.45) is 0.00363. The van der Waals surface area contributed by atoms with E-state index in [1.807, 2.05) is 37.4 Å². The van der Waals surface area contributed by atoms with Crippen LogP contribution in [-0.2, 0) is 19.1 Å². The highest BCUT2D eigenvalue weighted by Crippen LogP contribution is 2.26. The Morgan fingerprint density at radius 2 is 2.03 bits per heavy atom. The van der Waals surface area contributed by atoms with E-state index in [0.29, 0.717) is 5.13 Å². The lowest BCUT2D eigenvalue weighted by Gasteiger charge is -2.07. The molecule has 1 aromatic carbocycles. The second-order valence-electron chi connectivity index (χ2n) is 6.60. The van der Waals surface area contributed by atoms with Gasteiger partial charge < -0.3 is 10.1 Å². The molecule has 10 heteroatoms. The molecule has 4 amide bonds. The van der Waals surface area contributed by atoms with Gasteiger partial charge in [0, 0.05) is 17.4 Å². The van der Waals surface area contributed by atoms with E-state index in [2.05, 4.69) is 20.9 Å². The number of carbonyl (C=O) groups is 4. The summed E-state index contributed by atoms with van der Waals surface area (Å²) in [4.78, 5) is 50.5.